The van der Waals surface area contributed by atoms with E-state index in [2.05, 4.69) is 4.98 Å². The molecule has 0 aliphatic carbocycles. The van der Waals surface area contributed by atoms with Crippen LogP contribution in [0.1, 0.15) is 18.2 Å². The van der Waals surface area contributed by atoms with E-state index in [1.165, 1.54) is 6.20 Å². The lowest BCUT2D eigenvalue weighted by molar-refractivity contribution is -0.136. The van der Waals surface area contributed by atoms with Gasteiger partial charge in [0.1, 0.15) is 18.1 Å². The summed E-state index contributed by atoms with van der Waals surface area (Å²) in [5.41, 5.74) is 4.98. The predicted molar refractivity (Wildman–Crippen MR) is 65.9 cm³/mol. The van der Waals surface area contributed by atoms with Gasteiger partial charge in [-0.05, 0) is 0 Å². The molecule has 0 unspecified atom stereocenters. The Morgan fingerprint density at radius 3 is 2.85 bits per heavy atom. The zero-order valence-corrected chi connectivity index (χ0v) is 10.5. The number of carbonyl (C=O) groups is 1. The number of anilines is 1. The number of nitrogen functional groups attached to an aromatic ring is 1. The largest absolute Gasteiger partial charge is 0.481 e. The summed E-state index contributed by atoms with van der Waals surface area (Å²) in [6, 6.07) is 0. The van der Waals surface area contributed by atoms with Gasteiger partial charge < -0.3 is 25.8 Å². The molecule has 110 valence electrons. The van der Waals surface area contributed by atoms with Crippen LogP contribution in [-0.2, 0) is 16.0 Å². The number of aliphatic carboxylic acids is 1. The molecule has 0 saturated carbocycles. The molecule has 2 rings (SSSR count). The number of carboxylic acid groups (broad SMARTS) is 1. The maximum absolute atomic E-state index is 11.8. The van der Waals surface area contributed by atoms with Crippen molar-refractivity contribution in [2.75, 3.05) is 12.3 Å². The van der Waals surface area contributed by atoms with Crippen LogP contribution in [0.15, 0.2) is 11.0 Å². The molecule has 0 aromatic carbocycles. The molecule has 1 aliphatic rings. The van der Waals surface area contributed by atoms with E-state index in [-0.39, 0.29) is 30.8 Å². The standard InChI is InChI=1S/C11H15N3O6/c12-10-5(1-9(17)18)3-14(11(19)13-10)8-2-6(16)7(4-15)20-8/h3,6-8,15-16H,1-2,4H2,(H,17,18)(H2,12,13,19)/t6-,7+,8+/m1/s1. The van der Waals surface area contributed by atoms with E-state index in [0.717, 1.165) is 4.57 Å². The minimum Gasteiger partial charge on any atom is -0.481 e. The van der Waals surface area contributed by atoms with Crippen LogP contribution >= 0.6 is 0 Å². The highest BCUT2D eigenvalue weighted by molar-refractivity contribution is 5.71. The van der Waals surface area contributed by atoms with E-state index < -0.39 is 30.1 Å². The molecule has 9 heteroatoms. The average Bonchev–Trinajstić information content (AvgIpc) is 2.73. The summed E-state index contributed by atoms with van der Waals surface area (Å²) < 4.78 is 6.40. The Bertz CT molecular complexity index is 572. The molecule has 1 aromatic heterocycles. The van der Waals surface area contributed by atoms with Crippen molar-refractivity contribution in [3.63, 3.8) is 0 Å². The Labute approximate surface area is 113 Å². The second-order valence-electron chi connectivity index (χ2n) is 4.53. The number of nitrogens with zero attached hydrogens (tertiary/aromatic N) is 2. The Morgan fingerprint density at radius 1 is 1.60 bits per heavy atom. The van der Waals surface area contributed by atoms with Gasteiger partial charge in [-0.15, -0.1) is 0 Å². The summed E-state index contributed by atoms with van der Waals surface area (Å²) in [5.74, 6) is -1.25. The number of aliphatic hydroxyl groups is 2. The van der Waals surface area contributed by atoms with Gasteiger partial charge in [0.15, 0.2) is 0 Å². The van der Waals surface area contributed by atoms with E-state index in [1.54, 1.807) is 0 Å². The summed E-state index contributed by atoms with van der Waals surface area (Å²) >= 11 is 0. The molecule has 2 heterocycles. The second kappa shape index (κ2) is 5.57. The van der Waals surface area contributed by atoms with E-state index in [1.807, 2.05) is 0 Å². The third kappa shape index (κ3) is 2.79. The lowest BCUT2D eigenvalue weighted by Gasteiger charge is -2.15. The molecule has 1 saturated heterocycles. The van der Waals surface area contributed by atoms with E-state index in [0.29, 0.717) is 0 Å². The smallest absolute Gasteiger partial charge is 0.351 e. The Kier molecular flexibility index (Phi) is 4.02. The van der Waals surface area contributed by atoms with E-state index in [4.69, 9.17) is 20.7 Å². The number of aromatic nitrogens is 2. The maximum Gasteiger partial charge on any atom is 0.351 e. The van der Waals surface area contributed by atoms with E-state index in [9.17, 15) is 14.7 Å². The summed E-state index contributed by atoms with van der Waals surface area (Å²) in [7, 11) is 0. The molecule has 0 bridgehead atoms. The molecule has 0 radical (unpaired) electrons. The fourth-order valence-electron chi connectivity index (χ4n) is 2.08. The van der Waals surface area contributed by atoms with Crippen molar-refractivity contribution in [3.8, 4) is 0 Å². The van der Waals surface area contributed by atoms with Crippen molar-refractivity contribution in [1.82, 2.24) is 9.55 Å². The quantitative estimate of drug-likeness (QED) is 0.501. The normalized spacial score (nSPS) is 25.8. The molecule has 0 spiro atoms. The highest BCUT2D eigenvalue weighted by atomic mass is 16.5. The van der Waals surface area contributed by atoms with Crippen molar-refractivity contribution in [3.05, 3.63) is 22.2 Å². The minimum absolute atomic E-state index is 0.100. The van der Waals surface area contributed by atoms with Crippen molar-refractivity contribution in [1.29, 1.82) is 0 Å². The topological polar surface area (TPSA) is 148 Å². The van der Waals surface area contributed by atoms with Crippen molar-refractivity contribution >= 4 is 11.8 Å². The summed E-state index contributed by atoms with van der Waals surface area (Å²) in [6.07, 6.45) is -1.52. The van der Waals surface area contributed by atoms with Crippen LogP contribution in [0, 0.1) is 0 Å². The molecule has 3 atom stereocenters. The number of aliphatic hydroxyl groups excluding tert-OH is 2. The molecule has 5 N–H and O–H groups in total. The second-order valence-corrected chi connectivity index (χ2v) is 4.53. The third-order valence-corrected chi connectivity index (χ3v) is 3.10. The zero-order valence-electron chi connectivity index (χ0n) is 10.5. The average molecular weight is 285 g/mol. The first-order valence-electron chi connectivity index (χ1n) is 5.96. The first-order valence-corrected chi connectivity index (χ1v) is 5.96. The maximum atomic E-state index is 11.8. The number of carboxylic acids is 1. The molecule has 0 amide bonds. The number of hydrogen-bond donors (Lipinski definition) is 4. The van der Waals surface area contributed by atoms with Crippen LogP contribution in [-0.4, -0.2) is 49.7 Å². The van der Waals surface area contributed by atoms with Gasteiger partial charge in [-0.3, -0.25) is 9.36 Å². The molecule has 20 heavy (non-hydrogen) atoms. The lowest BCUT2D eigenvalue weighted by Crippen LogP contribution is -2.29. The minimum atomic E-state index is -1.11. The van der Waals surface area contributed by atoms with Crippen LogP contribution in [0.3, 0.4) is 0 Å². The van der Waals surface area contributed by atoms with Gasteiger partial charge in [0.05, 0.1) is 19.1 Å². The molecular weight excluding hydrogens is 270 g/mol. The molecule has 9 nitrogen and oxygen atoms in total. The Balaban J connectivity index is 2.32. The Morgan fingerprint density at radius 2 is 2.30 bits per heavy atom. The predicted octanol–water partition coefficient (Wildman–Crippen LogP) is -1.91. The molecule has 1 fully saturated rings. The Hall–Kier alpha value is -1.97. The monoisotopic (exact) mass is 285 g/mol. The molecule has 1 aromatic rings. The number of nitrogens with two attached hydrogens (primary N) is 1. The van der Waals surface area contributed by atoms with E-state index >= 15 is 0 Å². The van der Waals surface area contributed by atoms with Gasteiger partial charge in [-0.1, -0.05) is 0 Å². The first-order chi connectivity index (χ1) is 9.42. The third-order valence-electron chi connectivity index (χ3n) is 3.10. The van der Waals surface area contributed by atoms with Crippen molar-refractivity contribution in [2.24, 2.45) is 0 Å². The van der Waals surface area contributed by atoms with Crippen molar-refractivity contribution in [2.45, 2.75) is 31.3 Å². The zero-order chi connectivity index (χ0) is 14.9. The van der Waals surface area contributed by atoms with Gasteiger partial charge in [0, 0.05) is 18.2 Å². The summed E-state index contributed by atoms with van der Waals surface area (Å²) in [6.45, 7) is -0.378. The molecular formula is C11H15N3O6. The lowest BCUT2D eigenvalue weighted by atomic mass is 10.2. The van der Waals surface area contributed by atoms with Crippen LogP contribution in [0.5, 0.6) is 0 Å². The summed E-state index contributed by atoms with van der Waals surface area (Å²) in [5, 5.41) is 27.4. The van der Waals surface area contributed by atoms with Gasteiger partial charge >= 0.3 is 11.7 Å². The van der Waals surface area contributed by atoms with Gasteiger partial charge in [-0.2, -0.15) is 4.98 Å². The highest BCUT2D eigenvalue weighted by Gasteiger charge is 2.35. The number of rotatable bonds is 4. The van der Waals surface area contributed by atoms with Crippen LogP contribution < -0.4 is 11.4 Å². The number of hydrogen-bond acceptors (Lipinski definition) is 7. The van der Waals surface area contributed by atoms with Crippen LogP contribution in [0.25, 0.3) is 0 Å². The van der Waals surface area contributed by atoms with Crippen molar-refractivity contribution < 1.29 is 24.9 Å². The van der Waals surface area contributed by atoms with Gasteiger partial charge in [-0.25, -0.2) is 4.79 Å². The first kappa shape index (κ1) is 14.4. The number of ether oxygens (including phenoxy) is 1. The van der Waals surface area contributed by atoms with Crippen LogP contribution in [0.4, 0.5) is 5.82 Å². The van der Waals surface area contributed by atoms with Gasteiger partial charge in [0.2, 0.25) is 0 Å². The molecule has 1 aliphatic heterocycles. The van der Waals surface area contributed by atoms with Crippen LogP contribution in [0.2, 0.25) is 0 Å². The fraction of sp³-hybridized carbons (Fsp3) is 0.545. The SMILES string of the molecule is Nc1nc(=O)n([C@@H]2C[C@@H](O)[C@H](CO)O2)cc1CC(=O)O. The van der Waals surface area contributed by atoms with Gasteiger partial charge in [0.25, 0.3) is 0 Å². The fourth-order valence-corrected chi connectivity index (χ4v) is 2.08. The highest BCUT2D eigenvalue weighted by Crippen LogP contribution is 2.27. The summed E-state index contributed by atoms with van der Waals surface area (Å²) in [4.78, 5) is 26.0.